The van der Waals surface area contributed by atoms with Crippen molar-refractivity contribution in [3.05, 3.63) is 0 Å². The summed E-state index contributed by atoms with van der Waals surface area (Å²) in [7, 11) is -2.77. The van der Waals surface area contributed by atoms with Crippen LogP contribution in [0.15, 0.2) is 0 Å². The fourth-order valence-corrected chi connectivity index (χ4v) is 5.13. The Morgan fingerprint density at radius 2 is 2.23 bits per heavy atom. The molecule has 0 saturated carbocycles. The molecule has 0 spiro atoms. The van der Waals surface area contributed by atoms with Gasteiger partial charge in [0, 0.05) is 6.54 Å². The quantitative estimate of drug-likeness (QED) is 0.677. The summed E-state index contributed by atoms with van der Waals surface area (Å²) < 4.78 is 23.5. The van der Waals surface area contributed by atoms with Gasteiger partial charge in [-0.05, 0) is 31.2 Å². The van der Waals surface area contributed by atoms with Crippen LogP contribution in [0.2, 0.25) is 0 Å². The van der Waals surface area contributed by atoms with Crippen molar-refractivity contribution in [2.75, 3.05) is 18.8 Å². The van der Waals surface area contributed by atoms with Crippen LogP contribution in [-0.2, 0) is 9.84 Å². The molecule has 1 N–H and O–H groups in total. The van der Waals surface area contributed by atoms with Crippen LogP contribution in [-0.4, -0.2) is 32.5 Å². The van der Waals surface area contributed by atoms with Crippen molar-refractivity contribution in [2.45, 2.75) is 31.4 Å². The number of hydrogen-bond donors (Lipinski definition) is 1. The molecule has 2 unspecified atom stereocenters. The van der Waals surface area contributed by atoms with Crippen LogP contribution in [0.4, 0.5) is 0 Å². The Labute approximate surface area is 79.8 Å². The molecule has 0 aromatic carbocycles. The molecule has 2 fully saturated rings. The molecule has 0 aromatic heterocycles. The molecular weight excluding hydrogens is 186 g/mol. The lowest BCUT2D eigenvalue weighted by atomic mass is 9.84. The molecular formula is C9H17NO2S. The van der Waals surface area contributed by atoms with Gasteiger partial charge in [-0.3, -0.25) is 0 Å². The van der Waals surface area contributed by atoms with Gasteiger partial charge in [-0.2, -0.15) is 0 Å². The zero-order chi connectivity index (χ0) is 9.53. The van der Waals surface area contributed by atoms with Crippen molar-refractivity contribution in [2.24, 2.45) is 5.41 Å². The molecule has 0 aromatic rings. The van der Waals surface area contributed by atoms with Crippen LogP contribution in [0.25, 0.3) is 0 Å². The van der Waals surface area contributed by atoms with Crippen molar-refractivity contribution in [3.63, 3.8) is 0 Å². The van der Waals surface area contributed by atoms with Crippen molar-refractivity contribution >= 4 is 9.84 Å². The normalized spacial score (nSPS) is 43.9. The van der Waals surface area contributed by atoms with Crippen molar-refractivity contribution in [1.29, 1.82) is 0 Å². The first-order valence-corrected chi connectivity index (χ1v) is 6.68. The van der Waals surface area contributed by atoms with E-state index in [9.17, 15) is 8.42 Å². The minimum absolute atomic E-state index is 0.00926. The molecule has 3 nitrogen and oxygen atoms in total. The Morgan fingerprint density at radius 3 is 2.69 bits per heavy atom. The SMILES string of the molecule is CC1(C2CCCS2(=O)=O)CCNC1. The maximum atomic E-state index is 11.7. The molecule has 0 radical (unpaired) electrons. The maximum absolute atomic E-state index is 11.7. The van der Waals surface area contributed by atoms with E-state index in [0.717, 1.165) is 32.4 Å². The number of sulfone groups is 1. The van der Waals surface area contributed by atoms with Gasteiger partial charge in [0.1, 0.15) is 0 Å². The van der Waals surface area contributed by atoms with Gasteiger partial charge in [0.25, 0.3) is 0 Å². The highest BCUT2D eigenvalue weighted by molar-refractivity contribution is 7.92. The molecule has 4 heteroatoms. The number of hydrogen-bond acceptors (Lipinski definition) is 3. The Kier molecular flexibility index (Phi) is 2.15. The lowest BCUT2D eigenvalue weighted by Gasteiger charge is -2.29. The Hall–Kier alpha value is -0.0900. The summed E-state index contributed by atoms with van der Waals surface area (Å²) in [5.41, 5.74) is 0.00926. The number of nitrogens with one attached hydrogen (secondary N) is 1. The van der Waals surface area contributed by atoms with Gasteiger partial charge >= 0.3 is 0 Å². The van der Waals surface area contributed by atoms with Crippen LogP contribution in [0.1, 0.15) is 26.2 Å². The Morgan fingerprint density at radius 1 is 1.46 bits per heavy atom. The number of rotatable bonds is 1. The van der Waals surface area contributed by atoms with Gasteiger partial charge in [-0.15, -0.1) is 0 Å². The third-order valence-electron chi connectivity index (χ3n) is 3.51. The lowest BCUT2D eigenvalue weighted by Crippen LogP contribution is -2.37. The summed E-state index contributed by atoms with van der Waals surface area (Å²) in [4.78, 5) is 0. The zero-order valence-corrected chi connectivity index (χ0v) is 8.86. The summed E-state index contributed by atoms with van der Waals surface area (Å²) in [5, 5.41) is 3.19. The van der Waals surface area contributed by atoms with E-state index in [4.69, 9.17) is 0 Å². The summed E-state index contributed by atoms with van der Waals surface area (Å²) in [6, 6.07) is 0. The summed E-state index contributed by atoms with van der Waals surface area (Å²) in [5.74, 6) is 0.410. The van der Waals surface area contributed by atoms with Crippen LogP contribution >= 0.6 is 0 Å². The van der Waals surface area contributed by atoms with Crippen molar-refractivity contribution in [3.8, 4) is 0 Å². The van der Waals surface area contributed by atoms with E-state index in [0.29, 0.717) is 5.75 Å². The largest absolute Gasteiger partial charge is 0.316 e. The first-order chi connectivity index (χ1) is 6.05. The molecule has 2 atom stereocenters. The van der Waals surface area contributed by atoms with E-state index in [1.54, 1.807) is 0 Å². The van der Waals surface area contributed by atoms with E-state index < -0.39 is 9.84 Å². The van der Waals surface area contributed by atoms with Gasteiger partial charge in [0.15, 0.2) is 9.84 Å². The van der Waals surface area contributed by atoms with E-state index >= 15 is 0 Å². The van der Waals surface area contributed by atoms with Crippen molar-refractivity contribution in [1.82, 2.24) is 5.32 Å². The third-order valence-corrected chi connectivity index (χ3v) is 6.04. The van der Waals surface area contributed by atoms with Gasteiger partial charge < -0.3 is 5.32 Å². The topological polar surface area (TPSA) is 46.2 Å². The van der Waals surface area contributed by atoms with E-state index in [1.165, 1.54) is 0 Å². The fraction of sp³-hybridized carbons (Fsp3) is 1.00. The zero-order valence-electron chi connectivity index (χ0n) is 8.04. The van der Waals surface area contributed by atoms with Gasteiger partial charge in [0.2, 0.25) is 0 Å². The fourth-order valence-electron chi connectivity index (χ4n) is 2.68. The first-order valence-electron chi connectivity index (χ1n) is 4.97. The predicted octanol–water partition coefficient (Wildman–Crippen LogP) is 0.563. The van der Waals surface area contributed by atoms with Crippen LogP contribution in [0.5, 0.6) is 0 Å². The Balaban J connectivity index is 2.25. The Bertz CT molecular complexity index is 291. The van der Waals surface area contributed by atoms with Crippen LogP contribution in [0.3, 0.4) is 0 Å². The summed E-state index contributed by atoms with van der Waals surface area (Å²) in [6.07, 6.45) is 2.75. The average Bonchev–Trinajstić information content (AvgIpc) is 2.57. The van der Waals surface area contributed by atoms with Crippen molar-refractivity contribution < 1.29 is 8.42 Å². The first kappa shape index (κ1) is 9.46. The molecule has 2 aliphatic rings. The molecule has 0 bridgehead atoms. The molecule has 2 saturated heterocycles. The maximum Gasteiger partial charge on any atom is 0.153 e. The molecule has 13 heavy (non-hydrogen) atoms. The highest BCUT2D eigenvalue weighted by Gasteiger charge is 2.46. The minimum atomic E-state index is -2.77. The lowest BCUT2D eigenvalue weighted by molar-refractivity contribution is 0.334. The van der Waals surface area contributed by atoms with E-state index in [2.05, 4.69) is 12.2 Å². The smallest absolute Gasteiger partial charge is 0.153 e. The van der Waals surface area contributed by atoms with Crippen LogP contribution < -0.4 is 5.32 Å². The molecule has 2 aliphatic heterocycles. The van der Waals surface area contributed by atoms with Crippen LogP contribution in [0, 0.1) is 5.41 Å². The molecule has 2 heterocycles. The average molecular weight is 203 g/mol. The summed E-state index contributed by atoms with van der Waals surface area (Å²) in [6.45, 7) is 3.96. The standard InChI is InChI=1S/C9H17NO2S/c1-9(4-5-10-7-9)8-3-2-6-13(8,11)12/h8,10H,2-7H2,1H3. The minimum Gasteiger partial charge on any atom is -0.316 e. The third kappa shape index (κ3) is 1.50. The highest BCUT2D eigenvalue weighted by Crippen LogP contribution is 2.39. The van der Waals surface area contributed by atoms with Gasteiger partial charge in [0.05, 0.1) is 11.0 Å². The molecule has 76 valence electrons. The second-order valence-electron chi connectivity index (χ2n) is 4.58. The molecule has 2 rings (SSSR count). The predicted molar refractivity (Wildman–Crippen MR) is 52.4 cm³/mol. The van der Waals surface area contributed by atoms with Gasteiger partial charge in [-0.25, -0.2) is 8.42 Å². The second-order valence-corrected chi connectivity index (χ2v) is 6.88. The molecule has 0 aliphatic carbocycles. The second kappa shape index (κ2) is 2.95. The monoisotopic (exact) mass is 203 g/mol. The highest BCUT2D eigenvalue weighted by atomic mass is 32.2. The van der Waals surface area contributed by atoms with E-state index in [-0.39, 0.29) is 10.7 Å². The van der Waals surface area contributed by atoms with E-state index in [1.807, 2.05) is 0 Å². The molecule has 0 amide bonds. The summed E-state index contributed by atoms with van der Waals surface area (Å²) >= 11 is 0. The van der Waals surface area contributed by atoms with Gasteiger partial charge in [-0.1, -0.05) is 6.92 Å².